The Balaban J connectivity index is 1.14. The lowest BCUT2D eigenvalue weighted by Crippen LogP contribution is -2.41. The Labute approximate surface area is 194 Å². The van der Waals surface area contributed by atoms with Crippen LogP contribution >= 0.6 is 0 Å². The summed E-state index contributed by atoms with van der Waals surface area (Å²) in [5.41, 5.74) is 0.00906. The van der Waals surface area contributed by atoms with Gasteiger partial charge in [0.25, 0.3) is 11.8 Å². The van der Waals surface area contributed by atoms with Gasteiger partial charge in [-0.3, -0.25) is 9.69 Å². The molecule has 8 heteroatoms. The number of alkyl halides is 2. The van der Waals surface area contributed by atoms with Crippen LogP contribution < -0.4 is 10.1 Å². The summed E-state index contributed by atoms with van der Waals surface area (Å²) in [6.45, 7) is 3.95. The van der Waals surface area contributed by atoms with Gasteiger partial charge in [-0.05, 0) is 81.5 Å². The minimum Gasteiger partial charge on any atom is -0.493 e. The van der Waals surface area contributed by atoms with Gasteiger partial charge in [0.1, 0.15) is 11.6 Å². The first kappa shape index (κ1) is 24.3. The van der Waals surface area contributed by atoms with Crippen LogP contribution in [-0.4, -0.2) is 62.2 Å². The Morgan fingerprint density at radius 3 is 2.73 bits per heavy atom. The summed E-state index contributed by atoms with van der Waals surface area (Å²) in [6, 6.07) is 4.36. The van der Waals surface area contributed by atoms with Crippen molar-refractivity contribution in [1.29, 1.82) is 0 Å². The third kappa shape index (κ3) is 7.09. The van der Waals surface area contributed by atoms with Crippen molar-refractivity contribution in [2.45, 2.75) is 57.5 Å². The van der Waals surface area contributed by atoms with Crippen LogP contribution in [0.25, 0.3) is 0 Å². The lowest BCUT2D eigenvalue weighted by molar-refractivity contribution is -0.0232. The number of amides is 1. The Morgan fingerprint density at radius 2 is 2.06 bits per heavy atom. The van der Waals surface area contributed by atoms with Crippen LogP contribution in [0, 0.1) is 23.6 Å². The van der Waals surface area contributed by atoms with Crippen molar-refractivity contribution in [2.75, 3.05) is 39.4 Å². The van der Waals surface area contributed by atoms with Gasteiger partial charge in [0, 0.05) is 26.1 Å². The van der Waals surface area contributed by atoms with Gasteiger partial charge in [-0.2, -0.15) is 0 Å². The van der Waals surface area contributed by atoms with Crippen LogP contribution in [0.2, 0.25) is 0 Å². The van der Waals surface area contributed by atoms with E-state index in [9.17, 15) is 18.0 Å². The standard InChI is InChI=1S/C25H35F3N2O3/c1-25(27,28)16-30-9-6-17(7-10-30)22-13-18(22)8-12-33-19-4-5-21(23(26)14-19)24(31)29-15-20-3-2-11-32-20/h4-5,14,17-18,20,22H,2-3,6-13,15-16H2,1H3,(H,29,31)/t18-,20?,22-/m1/s1. The van der Waals surface area contributed by atoms with E-state index in [0.717, 1.165) is 58.5 Å². The minimum atomic E-state index is -2.63. The van der Waals surface area contributed by atoms with Crippen molar-refractivity contribution in [3.8, 4) is 5.75 Å². The number of likely N-dealkylation sites (tertiary alicyclic amines) is 1. The molecule has 1 saturated carbocycles. The molecular weight excluding hydrogens is 433 g/mol. The summed E-state index contributed by atoms with van der Waals surface area (Å²) in [4.78, 5) is 14.1. The first-order valence-electron chi connectivity index (χ1n) is 12.2. The number of benzene rings is 1. The third-order valence-electron chi connectivity index (χ3n) is 7.17. The molecule has 1 unspecified atom stereocenters. The summed E-state index contributed by atoms with van der Waals surface area (Å²) in [6.07, 6.45) is 5.95. The predicted molar refractivity (Wildman–Crippen MR) is 119 cm³/mol. The van der Waals surface area contributed by atoms with Gasteiger partial charge in [-0.25, -0.2) is 13.2 Å². The van der Waals surface area contributed by atoms with Crippen LogP contribution in [0.3, 0.4) is 0 Å². The number of piperidine rings is 1. The van der Waals surface area contributed by atoms with E-state index in [2.05, 4.69) is 5.32 Å². The highest BCUT2D eigenvalue weighted by Crippen LogP contribution is 2.49. The summed E-state index contributed by atoms with van der Waals surface area (Å²) >= 11 is 0. The van der Waals surface area contributed by atoms with E-state index in [4.69, 9.17) is 9.47 Å². The molecule has 0 aromatic heterocycles. The van der Waals surface area contributed by atoms with Gasteiger partial charge in [0.15, 0.2) is 0 Å². The third-order valence-corrected chi connectivity index (χ3v) is 7.17. The zero-order chi connectivity index (χ0) is 23.4. The molecule has 2 aliphatic heterocycles. The van der Waals surface area contributed by atoms with Gasteiger partial charge in [0.05, 0.1) is 24.8 Å². The molecule has 1 aromatic rings. The number of nitrogens with one attached hydrogen (secondary N) is 1. The van der Waals surface area contributed by atoms with Gasteiger partial charge < -0.3 is 14.8 Å². The van der Waals surface area contributed by atoms with E-state index in [1.807, 2.05) is 4.90 Å². The van der Waals surface area contributed by atoms with Crippen molar-refractivity contribution in [3.63, 3.8) is 0 Å². The molecule has 33 heavy (non-hydrogen) atoms. The van der Waals surface area contributed by atoms with E-state index in [-0.39, 0.29) is 18.2 Å². The number of ether oxygens (including phenoxy) is 2. The van der Waals surface area contributed by atoms with Gasteiger partial charge >= 0.3 is 0 Å². The second kappa shape index (κ2) is 10.6. The van der Waals surface area contributed by atoms with Crippen LogP contribution in [0.1, 0.15) is 55.8 Å². The number of carbonyl (C=O) groups is 1. The Kier molecular flexibility index (Phi) is 7.84. The number of hydrogen-bond acceptors (Lipinski definition) is 4. The molecule has 2 heterocycles. The Hall–Kier alpha value is -1.80. The van der Waals surface area contributed by atoms with Crippen molar-refractivity contribution in [3.05, 3.63) is 29.6 Å². The molecule has 5 nitrogen and oxygen atoms in total. The molecule has 1 amide bonds. The predicted octanol–water partition coefficient (Wildman–Crippen LogP) is 4.51. The highest BCUT2D eigenvalue weighted by Gasteiger charge is 2.43. The number of halogens is 3. The smallest absolute Gasteiger partial charge is 0.257 e. The second-order valence-electron chi connectivity index (χ2n) is 9.97. The second-order valence-corrected chi connectivity index (χ2v) is 9.97. The van der Waals surface area contributed by atoms with Gasteiger partial charge in [-0.1, -0.05) is 0 Å². The van der Waals surface area contributed by atoms with Crippen LogP contribution in [0.4, 0.5) is 13.2 Å². The van der Waals surface area contributed by atoms with E-state index in [1.54, 1.807) is 6.07 Å². The van der Waals surface area contributed by atoms with E-state index in [1.165, 1.54) is 12.1 Å². The molecule has 1 N–H and O–H groups in total. The maximum Gasteiger partial charge on any atom is 0.257 e. The minimum absolute atomic E-state index is 0.00906. The van der Waals surface area contributed by atoms with Crippen molar-refractivity contribution in [1.82, 2.24) is 10.2 Å². The monoisotopic (exact) mass is 468 g/mol. The fourth-order valence-corrected chi connectivity index (χ4v) is 5.32. The maximum absolute atomic E-state index is 14.4. The summed E-state index contributed by atoms with van der Waals surface area (Å²) in [7, 11) is 0. The number of hydrogen-bond donors (Lipinski definition) is 1. The summed E-state index contributed by atoms with van der Waals surface area (Å²) in [5.74, 6) is -1.37. The topological polar surface area (TPSA) is 50.8 Å². The first-order valence-corrected chi connectivity index (χ1v) is 12.2. The number of rotatable bonds is 10. The largest absolute Gasteiger partial charge is 0.493 e. The van der Waals surface area contributed by atoms with Crippen LogP contribution in [0.5, 0.6) is 5.75 Å². The van der Waals surface area contributed by atoms with Gasteiger partial charge in [-0.15, -0.1) is 0 Å². The van der Waals surface area contributed by atoms with E-state index < -0.39 is 17.6 Å². The normalized spacial score (nSPS) is 26.4. The van der Waals surface area contributed by atoms with Crippen LogP contribution in [-0.2, 0) is 4.74 Å². The summed E-state index contributed by atoms with van der Waals surface area (Å²) < 4.78 is 52.0. The molecule has 0 bridgehead atoms. The quantitative estimate of drug-likeness (QED) is 0.549. The molecule has 2 saturated heterocycles. The molecule has 1 aromatic carbocycles. The molecule has 3 aliphatic rings. The Morgan fingerprint density at radius 1 is 1.27 bits per heavy atom. The first-order chi connectivity index (χ1) is 15.8. The fourth-order valence-electron chi connectivity index (χ4n) is 5.32. The highest BCUT2D eigenvalue weighted by atomic mass is 19.3. The fraction of sp³-hybridized carbons (Fsp3) is 0.720. The molecule has 3 fully saturated rings. The van der Waals surface area contributed by atoms with E-state index in [0.29, 0.717) is 43.3 Å². The maximum atomic E-state index is 14.4. The number of nitrogens with zero attached hydrogens (tertiary/aromatic N) is 1. The average Bonchev–Trinajstić information content (AvgIpc) is 3.33. The molecule has 184 valence electrons. The van der Waals surface area contributed by atoms with Crippen molar-refractivity contribution >= 4 is 5.91 Å². The molecule has 0 spiro atoms. The van der Waals surface area contributed by atoms with Gasteiger partial charge in [0.2, 0.25) is 0 Å². The number of carbonyl (C=O) groups excluding carboxylic acids is 1. The van der Waals surface area contributed by atoms with Crippen molar-refractivity contribution < 1.29 is 27.4 Å². The lowest BCUT2D eigenvalue weighted by Gasteiger charge is -2.33. The molecule has 0 radical (unpaired) electrons. The molecule has 4 rings (SSSR count). The molecular formula is C25H35F3N2O3. The average molecular weight is 469 g/mol. The molecule has 1 aliphatic carbocycles. The van der Waals surface area contributed by atoms with Crippen molar-refractivity contribution in [2.24, 2.45) is 17.8 Å². The lowest BCUT2D eigenvalue weighted by atomic mass is 9.90. The zero-order valence-electron chi connectivity index (χ0n) is 19.3. The Bertz CT molecular complexity index is 803. The zero-order valence-corrected chi connectivity index (χ0v) is 19.3. The highest BCUT2D eigenvalue weighted by molar-refractivity contribution is 5.94. The van der Waals surface area contributed by atoms with Crippen LogP contribution in [0.15, 0.2) is 18.2 Å². The SMILES string of the molecule is CC(F)(F)CN1CCC([C@H]2C[C@H]2CCOc2ccc(C(=O)NCC3CCCO3)c(F)c2)CC1. The summed E-state index contributed by atoms with van der Waals surface area (Å²) in [5, 5.41) is 2.73. The molecule has 3 atom stereocenters. The van der Waals surface area contributed by atoms with E-state index >= 15 is 0 Å².